The second kappa shape index (κ2) is 8.98. The molecular formula is C22H30N2O. The van der Waals surface area contributed by atoms with Crippen LogP contribution in [-0.4, -0.2) is 16.6 Å². The number of nitrogens with zero attached hydrogens (tertiary/aromatic N) is 2. The maximum atomic E-state index is 5.63. The standard InChI is InChI=1S/C22H30N2O/c1-3-5-17-6-8-18(9-7-17)20-15-23-22(24-16-20)19-10-12-21(13-11-19)25-14-4-2/h10-13,15-18H,3-9,14H2,1-2H3. The van der Waals surface area contributed by atoms with Gasteiger partial charge in [0.2, 0.25) is 0 Å². The van der Waals surface area contributed by atoms with Crippen LogP contribution in [0.3, 0.4) is 0 Å². The molecule has 0 radical (unpaired) electrons. The summed E-state index contributed by atoms with van der Waals surface area (Å²) in [6.45, 7) is 5.16. The summed E-state index contributed by atoms with van der Waals surface area (Å²) in [7, 11) is 0. The average Bonchev–Trinajstić information content (AvgIpc) is 2.68. The minimum Gasteiger partial charge on any atom is -0.494 e. The minimum absolute atomic E-state index is 0.645. The Morgan fingerprint density at radius 2 is 1.60 bits per heavy atom. The smallest absolute Gasteiger partial charge is 0.159 e. The van der Waals surface area contributed by atoms with E-state index in [1.54, 1.807) is 0 Å². The largest absolute Gasteiger partial charge is 0.494 e. The lowest BCUT2D eigenvalue weighted by Gasteiger charge is -2.28. The van der Waals surface area contributed by atoms with Crippen LogP contribution in [0.5, 0.6) is 5.75 Å². The number of hydrogen-bond donors (Lipinski definition) is 0. The first-order valence-electron chi connectivity index (χ1n) is 9.85. The monoisotopic (exact) mass is 338 g/mol. The summed E-state index contributed by atoms with van der Waals surface area (Å²) in [4.78, 5) is 9.24. The van der Waals surface area contributed by atoms with Crippen LogP contribution < -0.4 is 4.74 Å². The zero-order chi connectivity index (χ0) is 17.5. The van der Waals surface area contributed by atoms with E-state index in [-0.39, 0.29) is 0 Å². The molecule has 3 nitrogen and oxygen atoms in total. The van der Waals surface area contributed by atoms with E-state index < -0.39 is 0 Å². The van der Waals surface area contributed by atoms with Crippen LogP contribution in [0.15, 0.2) is 36.7 Å². The Hall–Kier alpha value is -1.90. The molecule has 1 saturated carbocycles. The number of benzene rings is 1. The molecular weight excluding hydrogens is 308 g/mol. The van der Waals surface area contributed by atoms with E-state index in [1.165, 1.54) is 44.1 Å². The Morgan fingerprint density at radius 3 is 2.20 bits per heavy atom. The summed E-state index contributed by atoms with van der Waals surface area (Å²) < 4.78 is 5.63. The van der Waals surface area contributed by atoms with Crippen LogP contribution in [0.25, 0.3) is 11.4 Å². The van der Waals surface area contributed by atoms with Gasteiger partial charge in [0.1, 0.15) is 5.75 Å². The SMILES string of the molecule is CCCOc1ccc(-c2ncc(C3CCC(CCC)CC3)cn2)cc1. The van der Waals surface area contributed by atoms with Gasteiger partial charge < -0.3 is 4.74 Å². The fraction of sp³-hybridized carbons (Fsp3) is 0.545. The summed E-state index contributed by atoms with van der Waals surface area (Å²) in [5.74, 6) is 3.29. The van der Waals surface area contributed by atoms with Crippen LogP contribution in [-0.2, 0) is 0 Å². The van der Waals surface area contributed by atoms with E-state index in [9.17, 15) is 0 Å². The second-order valence-corrected chi connectivity index (χ2v) is 7.22. The van der Waals surface area contributed by atoms with Gasteiger partial charge in [-0.15, -0.1) is 0 Å². The highest BCUT2D eigenvalue weighted by molar-refractivity contribution is 5.56. The van der Waals surface area contributed by atoms with Gasteiger partial charge in [-0.05, 0) is 73.8 Å². The third-order valence-corrected chi connectivity index (χ3v) is 5.27. The van der Waals surface area contributed by atoms with Crippen molar-refractivity contribution in [1.82, 2.24) is 9.97 Å². The summed E-state index contributed by atoms with van der Waals surface area (Å²) >= 11 is 0. The fourth-order valence-electron chi connectivity index (χ4n) is 3.81. The van der Waals surface area contributed by atoms with Crippen LogP contribution in [0.1, 0.15) is 70.3 Å². The first-order valence-corrected chi connectivity index (χ1v) is 9.85. The molecule has 25 heavy (non-hydrogen) atoms. The predicted octanol–water partition coefficient (Wildman–Crippen LogP) is 6.01. The van der Waals surface area contributed by atoms with Crippen molar-refractivity contribution in [1.29, 1.82) is 0 Å². The molecule has 1 fully saturated rings. The van der Waals surface area contributed by atoms with E-state index in [0.717, 1.165) is 36.1 Å². The molecule has 1 aromatic heterocycles. The molecule has 2 aromatic rings. The molecule has 1 aliphatic rings. The van der Waals surface area contributed by atoms with E-state index in [2.05, 4.69) is 23.8 Å². The third kappa shape index (κ3) is 4.81. The molecule has 1 aromatic carbocycles. The van der Waals surface area contributed by atoms with Crippen molar-refractivity contribution in [2.45, 2.75) is 64.7 Å². The molecule has 0 aliphatic heterocycles. The number of rotatable bonds is 7. The zero-order valence-corrected chi connectivity index (χ0v) is 15.6. The molecule has 0 spiro atoms. The number of hydrogen-bond acceptors (Lipinski definition) is 3. The normalized spacial score (nSPS) is 20.4. The molecule has 1 heterocycles. The molecule has 134 valence electrons. The van der Waals surface area contributed by atoms with Crippen molar-refractivity contribution >= 4 is 0 Å². The summed E-state index contributed by atoms with van der Waals surface area (Å²) in [6, 6.07) is 8.07. The summed E-state index contributed by atoms with van der Waals surface area (Å²) in [5.41, 5.74) is 2.35. The Labute approximate surface area is 151 Å². The topological polar surface area (TPSA) is 35.0 Å². The fourth-order valence-corrected chi connectivity index (χ4v) is 3.81. The first kappa shape index (κ1) is 17.9. The van der Waals surface area contributed by atoms with Gasteiger partial charge in [0, 0.05) is 18.0 Å². The van der Waals surface area contributed by atoms with Crippen LogP contribution in [0.4, 0.5) is 0 Å². The number of ether oxygens (including phenoxy) is 1. The minimum atomic E-state index is 0.645. The van der Waals surface area contributed by atoms with Crippen molar-refractivity contribution in [2.24, 2.45) is 5.92 Å². The predicted molar refractivity (Wildman–Crippen MR) is 103 cm³/mol. The van der Waals surface area contributed by atoms with Gasteiger partial charge >= 0.3 is 0 Å². The van der Waals surface area contributed by atoms with Gasteiger partial charge in [-0.25, -0.2) is 9.97 Å². The molecule has 0 unspecified atom stereocenters. The van der Waals surface area contributed by atoms with Crippen molar-refractivity contribution in [3.05, 3.63) is 42.2 Å². The van der Waals surface area contributed by atoms with Crippen molar-refractivity contribution in [3.8, 4) is 17.1 Å². The molecule has 1 aliphatic carbocycles. The first-order chi connectivity index (χ1) is 12.3. The highest BCUT2D eigenvalue weighted by Crippen LogP contribution is 2.37. The highest BCUT2D eigenvalue weighted by atomic mass is 16.5. The summed E-state index contributed by atoms with van der Waals surface area (Å²) in [5, 5.41) is 0. The average molecular weight is 338 g/mol. The molecule has 0 bridgehead atoms. The maximum Gasteiger partial charge on any atom is 0.159 e. The lowest BCUT2D eigenvalue weighted by Crippen LogP contribution is -2.13. The van der Waals surface area contributed by atoms with Gasteiger partial charge in [-0.3, -0.25) is 0 Å². The highest BCUT2D eigenvalue weighted by Gasteiger charge is 2.22. The van der Waals surface area contributed by atoms with Gasteiger partial charge in [0.25, 0.3) is 0 Å². The van der Waals surface area contributed by atoms with E-state index in [0.29, 0.717) is 5.92 Å². The Bertz CT molecular complexity index is 628. The molecule has 0 atom stereocenters. The lowest BCUT2D eigenvalue weighted by atomic mass is 9.78. The summed E-state index contributed by atoms with van der Waals surface area (Å²) in [6.07, 6.45) is 13.1. The second-order valence-electron chi connectivity index (χ2n) is 7.22. The Balaban J connectivity index is 1.60. The van der Waals surface area contributed by atoms with Gasteiger partial charge in [-0.2, -0.15) is 0 Å². The van der Waals surface area contributed by atoms with Crippen LogP contribution in [0, 0.1) is 5.92 Å². The Morgan fingerprint density at radius 1 is 0.920 bits per heavy atom. The molecule has 3 heteroatoms. The van der Waals surface area contributed by atoms with Gasteiger partial charge in [0.05, 0.1) is 6.61 Å². The van der Waals surface area contributed by atoms with Gasteiger partial charge in [0.15, 0.2) is 5.82 Å². The lowest BCUT2D eigenvalue weighted by molar-refractivity contribution is 0.308. The Kier molecular flexibility index (Phi) is 6.43. The van der Waals surface area contributed by atoms with Crippen molar-refractivity contribution in [3.63, 3.8) is 0 Å². The van der Waals surface area contributed by atoms with Gasteiger partial charge in [-0.1, -0.05) is 26.7 Å². The molecule has 0 N–H and O–H groups in total. The third-order valence-electron chi connectivity index (χ3n) is 5.27. The zero-order valence-electron chi connectivity index (χ0n) is 15.6. The van der Waals surface area contributed by atoms with E-state index in [4.69, 9.17) is 4.74 Å². The quantitative estimate of drug-likeness (QED) is 0.620. The van der Waals surface area contributed by atoms with Crippen LogP contribution in [0.2, 0.25) is 0 Å². The van der Waals surface area contributed by atoms with E-state index >= 15 is 0 Å². The maximum absolute atomic E-state index is 5.63. The van der Waals surface area contributed by atoms with Crippen LogP contribution >= 0.6 is 0 Å². The van der Waals surface area contributed by atoms with Crippen molar-refractivity contribution < 1.29 is 4.74 Å². The molecule has 0 saturated heterocycles. The molecule has 3 rings (SSSR count). The van der Waals surface area contributed by atoms with E-state index in [1.807, 2.05) is 36.7 Å². The molecule has 0 amide bonds. The van der Waals surface area contributed by atoms with Crippen molar-refractivity contribution in [2.75, 3.05) is 6.61 Å². The number of aromatic nitrogens is 2.